The number of nitrogens with one attached hydrogen (secondary N) is 1. The molecular weight excluding hydrogens is 238 g/mol. The molecule has 1 saturated heterocycles. The number of aryl methyl sites for hydroxylation is 1. The van der Waals surface area contributed by atoms with Crippen LogP contribution >= 0.6 is 11.8 Å². The van der Waals surface area contributed by atoms with E-state index in [4.69, 9.17) is 0 Å². The van der Waals surface area contributed by atoms with E-state index in [9.17, 15) is 0 Å². The van der Waals surface area contributed by atoms with Crippen molar-refractivity contribution >= 4 is 11.8 Å². The van der Waals surface area contributed by atoms with Gasteiger partial charge in [-0.05, 0) is 43.1 Å². The van der Waals surface area contributed by atoms with E-state index in [0.717, 1.165) is 11.7 Å². The standard InChI is InChI=1S/C16H25NS/c1-4-14-7-9-15(10-8-14)12(2)17-16-6-5-11-18-13(16)3/h7-10,12-13,16-17H,4-6,11H2,1-3H3. The summed E-state index contributed by atoms with van der Waals surface area (Å²) in [5, 5.41) is 4.55. The van der Waals surface area contributed by atoms with Crippen LogP contribution in [-0.2, 0) is 6.42 Å². The third-order valence-corrected chi connectivity index (χ3v) is 5.34. The van der Waals surface area contributed by atoms with Gasteiger partial charge in [0, 0.05) is 17.3 Å². The summed E-state index contributed by atoms with van der Waals surface area (Å²) in [5.74, 6) is 1.33. The molecule has 0 aromatic heterocycles. The Morgan fingerprint density at radius 1 is 1.33 bits per heavy atom. The highest BCUT2D eigenvalue weighted by atomic mass is 32.2. The van der Waals surface area contributed by atoms with Gasteiger partial charge in [0.05, 0.1) is 0 Å². The SMILES string of the molecule is CCc1ccc(C(C)NC2CCCSC2C)cc1. The van der Waals surface area contributed by atoms with Crippen molar-refractivity contribution < 1.29 is 0 Å². The molecule has 100 valence electrons. The van der Waals surface area contributed by atoms with E-state index in [1.807, 2.05) is 0 Å². The lowest BCUT2D eigenvalue weighted by atomic mass is 10.0. The maximum Gasteiger partial charge on any atom is 0.0294 e. The number of benzene rings is 1. The Labute approximate surface area is 116 Å². The van der Waals surface area contributed by atoms with Gasteiger partial charge in [-0.2, -0.15) is 11.8 Å². The smallest absolute Gasteiger partial charge is 0.0294 e. The largest absolute Gasteiger partial charge is 0.306 e. The minimum absolute atomic E-state index is 0.460. The van der Waals surface area contributed by atoms with Crippen LogP contribution in [0.25, 0.3) is 0 Å². The summed E-state index contributed by atoms with van der Waals surface area (Å²) in [4.78, 5) is 0. The summed E-state index contributed by atoms with van der Waals surface area (Å²) in [6.07, 6.45) is 3.80. The highest BCUT2D eigenvalue weighted by Crippen LogP contribution is 2.27. The zero-order chi connectivity index (χ0) is 13.0. The number of rotatable bonds is 4. The molecule has 0 amide bonds. The molecule has 1 aromatic rings. The van der Waals surface area contributed by atoms with E-state index in [1.54, 1.807) is 0 Å². The fourth-order valence-electron chi connectivity index (χ4n) is 2.60. The topological polar surface area (TPSA) is 12.0 Å². The molecule has 1 nitrogen and oxygen atoms in total. The molecule has 1 fully saturated rings. The molecule has 0 saturated carbocycles. The first kappa shape index (κ1) is 14.0. The Morgan fingerprint density at radius 2 is 2.06 bits per heavy atom. The lowest BCUT2D eigenvalue weighted by molar-refractivity contribution is 0.417. The zero-order valence-electron chi connectivity index (χ0n) is 11.8. The second kappa shape index (κ2) is 6.63. The third-order valence-electron chi connectivity index (χ3n) is 3.96. The molecule has 1 aliphatic rings. The maximum atomic E-state index is 3.80. The zero-order valence-corrected chi connectivity index (χ0v) is 12.6. The van der Waals surface area contributed by atoms with Gasteiger partial charge in [-0.1, -0.05) is 38.1 Å². The van der Waals surface area contributed by atoms with Crippen LogP contribution in [-0.4, -0.2) is 17.0 Å². The van der Waals surface area contributed by atoms with Gasteiger partial charge in [-0.15, -0.1) is 0 Å². The summed E-state index contributed by atoms with van der Waals surface area (Å²) in [5.41, 5.74) is 2.84. The van der Waals surface area contributed by atoms with Crippen LogP contribution in [0.2, 0.25) is 0 Å². The molecule has 1 N–H and O–H groups in total. The molecule has 2 heteroatoms. The van der Waals surface area contributed by atoms with Gasteiger partial charge in [-0.3, -0.25) is 0 Å². The third kappa shape index (κ3) is 3.52. The highest BCUT2D eigenvalue weighted by molar-refractivity contribution is 7.99. The van der Waals surface area contributed by atoms with Gasteiger partial charge in [0.1, 0.15) is 0 Å². The second-order valence-corrected chi connectivity index (χ2v) is 6.79. The summed E-state index contributed by atoms with van der Waals surface area (Å²) in [6, 6.07) is 10.2. The van der Waals surface area contributed by atoms with Crippen LogP contribution in [0, 0.1) is 0 Å². The Hall–Kier alpha value is -0.470. The quantitative estimate of drug-likeness (QED) is 0.874. The van der Waals surface area contributed by atoms with Gasteiger partial charge >= 0.3 is 0 Å². The van der Waals surface area contributed by atoms with Gasteiger partial charge in [0.25, 0.3) is 0 Å². The van der Waals surface area contributed by atoms with Crippen molar-refractivity contribution in [3.8, 4) is 0 Å². The van der Waals surface area contributed by atoms with E-state index in [-0.39, 0.29) is 0 Å². The molecular formula is C16H25NS. The van der Waals surface area contributed by atoms with Gasteiger partial charge in [0.15, 0.2) is 0 Å². The Kier molecular flexibility index (Phi) is 5.13. The number of hydrogen-bond acceptors (Lipinski definition) is 2. The van der Waals surface area contributed by atoms with Crippen LogP contribution < -0.4 is 5.32 Å². The van der Waals surface area contributed by atoms with Crippen molar-refractivity contribution in [2.45, 2.75) is 57.4 Å². The molecule has 0 bridgehead atoms. The van der Waals surface area contributed by atoms with E-state index >= 15 is 0 Å². The Balaban J connectivity index is 1.95. The summed E-state index contributed by atoms with van der Waals surface area (Å²) >= 11 is 2.11. The van der Waals surface area contributed by atoms with E-state index in [1.165, 1.54) is 29.7 Å². The van der Waals surface area contributed by atoms with Crippen LogP contribution in [0.3, 0.4) is 0 Å². The van der Waals surface area contributed by atoms with Crippen molar-refractivity contribution in [1.29, 1.82) is 0 Å². The van der Waals surface area contributed by atoms with Crippen LogP contribution in [0.4, 0.5) is 0 Å². The molecule has 3 unspecified atom stereocenters. The first-order valence-corrected chi connectivity index (χ1v) is 8.22. The van der Waals surface area contributed by atoms with Crippen molar-refractivity contribution in [3.63, 3.8) is 0 Å². The molecule has 1 heterocycles. The van der Waals surface area contributed by atoms with E-state index in [0.29, 0.717) is 12.1 Å². The fourth-order valence-corrected chi connectivity index (χ4v) is 3.75. The first-order valence-electron chi connectivity index (χ1n) is 7.17. The summed E-state index contributed by atoms with van der Waals surface area (Å²) in [7, 11) is 0. The lowest BCUT2D eigenvalue weighted by Gasteiger charge is -2.32. The minimum Gasteiger partial charge on any atom is -0.306 e. The predicted octanol–water partition coefficient (Wildman–Crippen LogP) is 4.18. The molecule has 0 radical (unpaired) electrons. The van der Waals surface area contributed by atoms with Gasteiger partial charge in [-0.25, -0.2) is 0 Å². The van der Waals surface area contributed by atoms with Gasteiger partial charge < -0.3 is 5.32 Å². The molecule has 3 atom stereocenters. The first-order chi connectivity index (χ1) is 8.70. The Bertz CT molecular complexity index is 360. The normalized spacial score (nSPS) is 25.9. The monoisotopic (exact) mass is 263 g/mol. The molecule has 1 aliphatic heterocycles. The predicted molar refractivity (Wildman–Crippen MR) is 82.3 cm³/mol. The van der Waals surface area contributed by atoms with E-state index in [2.05, 4.69) is 62.1 Å². The minimum atomic E-state index is 0.460. The van der Waals surface area contributed by atoms with Crippen LogP contribution in [0.1, 0.15) is 50.8 Å². The molecule has 0 spiro atoms. The molecule has 2 rings (SSSR count). The maximum absolute atomic E-state index is 3.80. The van der Waals surface area contributed by atoms with Crippen molar-refractivity contribution in [2.24, 2.45) is 0 Å². The summed E-state index contributed by atoms with van der Waals surface area (Å²) < 4.78 is 0. The van der Waals surface area contributed by atoms with Crippen LogP contribution in [0.5, 0.6) is 0 Å². The average molecular weight is 263 g/mol. The van der Waals surface area contributed by atoms with Crippen molar-refractivity contribution in [3.05, 3.63) is 35.4 Å². The Morgan fingerprint density at radius 3 is 2.67 bits per heavy atom. The fraction of sp³-hybridized carbons (Fsp3) is 0.625. The molecule has 18 heavy (non-hydrogen) atoms. The summed E-state index contributed by atoms with van der Waals surface area (Å²) in [6.45, 7) is 6.85. The van der Waals surface area contributed by atoms with E-state index < -0.39 is 0 Å². The van der Waals surface area contributed by atoms with Crippen molar-refractivity contribution in [1.82, 2.24) is 5.32 Å². The average Bonchev–Trinajstić information content (AvgIpc) is 2.41. The van der Waals surface area contributed by atoms with Crippen LogP contribution in [0.15, 0.2) is 24.3 Å². The second-order valence-electron chi connectivity index (χ2n) is 5.31. The van der Waals surface area contributed by atoms with Crippen molar-refractivity contribution in [2.75, 3.05) is 5.75 Å². The number of thioether (sulfide) groups is 1. The molecule has 1 aromatic carbocycles. The lowest BCUT2D eigenvalue weighted by Crippen LogP contribution is -2.40. The molecule has 0 aliphatic carbocycles. The van der Waals surface area contributed by atoms with Gasteiger partial charge in [0.2, 0.25) is 0 Å². The number of hydrogen-bond donors (Lipinski definition) is 1. The highest BCUT2D eigenvalue weighted by Gasteiger charge is 2.23.